The van der Waals surface area contributed by atoms with Crippen LogP contribution in [-0.4, -0.2) is 31.6 Å². The minimum absolute atomic E-state index is 0.327. The lowest BCUT2D eigenvalue weighted by Gasteiger charge is -2.35. The van der Waals surface area contributed by atoms with Crippen LogP contribution in [0.15, 0.2) is 12.7 Å². The van der Waals surface area contributed by atoms with Gasteiger partial charge in [-0.2, -0.15) is 0 Å². The highest BCUT2D eigenvalue weighted by atomic mass is 16.7. The molecule has 3 nitrogen and oxygen atoms in total. The zero-order valence-corrected chi connectivity index (χ0v) is 8.51. The fourth-order valence-corrected chi connectivity index (χ4v) is 1.20. The van der Waals surface area contributed by atoms with Crippen LogP contribution in [0.1, 0.15) is 20.3 Å². The van der Waals surface area contributed by atoms with Crippen LogP contribution in [0.4, 0.5) is 0 Å². The van der Waals surface area contributed by atoms with Crippen molar-refractivity contribution in [3.05, 3.63) is 12.7 Å². The van der Waals surface area contributed by atoms with E-state index >= 15 is 0 Å². The van der Waals surface area contributed by atoms with Crippen LogP contribution in [0.3, 0.4) is 0 Å². The Morgan fingerprint density at radius 2 is 2.08 bits per heavy atom. The van der Waals surface area contributed by atoms with Gasteiger partial charge in [0, 0.05) is 0 Å². The van der Waals surface area contributed by atoms with E-state index in [1.165, 1.54) is 0 Å². The van der Waals surface area contributed by atoms with Crippen LogP contribution in [0.2, 0.25) is 0 Å². The second-order valence-corrected chi connectivity index (χ2v) is 3.75. The molecule has 0 spiro atoms. The van der Waals surface area contributed by atoms with E-state index in [1.807, 2.05) is 19.9 Å². The van der Waals surface area contributed by atoms with Gasteiger partial charge in [-0.05, 0) is 26.8 Å². The van der Waals surface area contributed by atoms with Crippen molar-refractivity contribution in [1.29, 1.82) is 0 Å². The molecule has 0 aromatic heterocycles. The maximum atomic E-state index is 5.50. The molecule has 0 aromatic rings. The van der Waals surface area contributed by atoms with Gasteiger partial charge in [-0.15, -0.1) is 6.58 Å². The van der Waals surface area contributed by atoms with Crippen molar-refractivity contribution >= 4 is 0 Å². The molecule has 1 heterocycles. The van der Waals surface area contributed by atoms with Crippen LogP contribution in [0.5, 0.6) is 0 Å². The molecular formula is C10H19NO2. The molecule has 0 amide bonds. The summed E-state index contributed by atoms with van der Waals surface area (Å²) in [6, 6.07) is 0.327. The summed E-state index contributed by atoms with van der Waals surface area (Å²) in [6.45, 7) is 9.94. The lowest BCUT2D eigenvalue weighted by Crippen LogP contribution is -2.48. The fraction of sp³-hybridized carbons (Fsp3) is 0.800. The third-order valence-electron chi connectivity index (χ3n) is 2.05. The highest BCUT2D eigenvalue weighted by Gasteiger charge is 2.27. The largest absolute Gasteiger partial charge is 0.349 e. The van der Waals surface area contributed by atoms with Crippen LogP contribution >= 0.6 is 0 Å². The van der Waals surface area contributed by atoms with Gasteiger partial charge in [0.15, 0.2) is 5.79 Å². The molecule has 0 unspecified atom stereocenters. The summed E-state index contributed by atoms with van der Waals surface area (Å²) in [6.07, 6.45) is 2.89. The van der Waals surface area contributed by atoms with Crippen molar-refractivity contribution < 1.29 is 9.47 Å². The Balaban J connectivity index is 2.14. The zero-order valence-electron chi connectivity index (χ0n) is 8.51. The standard InChI is InChI=1S/C10H19NO2/c1-4-5-6-11-9-7-12-10(2,3)13-8-9/h4,9,11H,1,5-8H2,2-3H3. The van der Waals surface area contributed by atoms with Crippen molar-refractivity contribution in [3.8, 4) is 0 Å². The van der Waals surface area contributed by atoms with Gasteiger partial charge < -0.3 is 14.8 Å². The molecule has 1 fully saturated rings. The maximum Gasteiger partial charge on any atom is 0.162 e. The van der Waals surface area contributed by atoms with E-state index in [2.05, 4.69) is 11.9 Å². The molecular weight excluding hydrogens is 166 g/mol. The maximum absolute atomic E-state index is 5.50. The van der Waals surface area contributed by atoms with Gasteiger partial charge in [0.05, 0.1) is 19.3 Å². The zero-order chi connectivity index (χ0) is 9.73. The third-order valence-corrected chi connectivity index (χ3v) is 2.05. The highest BCUT2D eigenvalue weighted by molar-refractivity contribution is 4.75. The van der Waals surface area contributed by atoms with Gasteiger partial charge in [0.1, 0.15) is 0 Å². The molecule has 0 aliphatic carbocycles. The average Bonchev–Trinajstić information content (AvgIpc) is 2.08. The highest BCUT2D eigenvalue weighted by Crippen LogP contribution is 2.16. The second-order valence-electron chi connectivity index (χ2n) is 3.75. The van der Waals surface area contributed by atoms with Gasteiger partial charge in [0.2, 0.25) is 0 Å². The Hall–Kier alpha value is -0.380. The van der Waals surface area contributed by atoms with E-state index < -0.39 is 5.79 Å². The summed E-state index contributed by atoms with van der Waals surface area (Å²) in [5.74, 6) is -0.406. The Bertz CT molecular complexity index is 158. The first-order valence-electron chi connectivity index (χ1n) is 4.76. The molecule has 76 valence electrons. The van der Waals surface area contributed by atoms with Gasteiger partial charge in [-0.3, -0.25) is 0 Å². The van der Waals surface area contributed by atoms with Crippen molar-refractivity contribution in [2.45, 2.75) is 32.1 Å². The monoisotopic (exact) mass is 185 g/mol. The number of nitrogens with one attached hydrogen (secondary N) is 1. The Labute approximate surface area is 80.1 Å². The summed E-state index contributed by atoms with van der Waals surface area (Å²) < 4.78 is 11.0. The summed E-state index contributed by atoms with van der Waals surface area (Å²) in [7, 11) is 0. The summed E-state index contributed by atoms with van der Waals surface area (Å²) in [4.78, 5) is 0. The summed E-state index contributed by atoms with van der Waals surface area (Å²) in [5, 5.41) is 3.34. The number of rotatable bonds is 4. The van der Waals surface area contributed by atoms with E-state index in [9.17, 15) is 0 Å². The quantitative estimate of drug-likeness (QED) is 0.529. The molecule has 0 saturated carbocycles. The predicted molar refractivity (Wildman–Crippen MR) is 52.6 cm³/mol. The topological polar surface area (TPSA) is 30.5 Å². The molecule has 13 heavy (non-hydrogen) atoms. The van der Waals surface area contributed by atoms with Crippen molar-refractivity contribution in [1.82, 2.24) is 5.32 Å². The minimum atomic E-state index is -0.406. The van der Waals surface area contributed by atoms with Crippen LogP contribution in [0.25, 0.3) is 0 Å². The fourth-order valence-electron chi connectivity index (χ4n) is 1.20. The first kappa shape index (κ1) is 10.7. The molecule has 3 heteroatoms. The Morgan fingerprint density at radius 3 is 2.62 bits per heavy atom. The smallest absolute Gasteiger partial charge is 0.162 e. The predicted octanol–water partition coefficient (Wildman–Crippen LogP) is 1.30. The van der Waals surface area contributed by atoms with Crippen LogP contribution in [-0.2, 0) is 9.47 Å². The third kappa shape index (κ3) is 3.89. The molecule has 0 aromatic carbocycles. The van der Waals surface area contributed by atoms with E-state index in [0.717, 1.165) is 26.2 Å². The number of hydrogen-bond donors (Lipinski definition) is 1. The molecule has 1 saturated heterocycles. The molecule has 1 aliphatic rings. The van der Waals surface area contributed by atoms with E-state index in [1.54, 1.807) is 0 Å². The lowest BCUT2D eigenvalue weighted by atomic mass is 10.2. The summed E-state index contributed by atoms with van der Waals surface area (Å²) >= 11 is 0. The van der Waals surface area contributed by atoms with Gasteiger partial charge in [-0.25, -0.2) is 0 Å². The van der Waals surface area contributed by atoms with Crippen molar-refractivity contribution in [3.63, 3.8) is 0 Å². The molecule has 1 N–H and O–H groups in total. The van der Waals surface area contributed by atoms with Crippen LogP contribution in [0, 0.1) is 0 Å². The minimum Gasteiger partial charge on any atom is -0.349 e. The van der Waals surface area contributed by atoms with Crippen molar-refractivity contribution in [2.75, 3.05) is 19.8 Å². The van der Waals surface area contributed by atoms with E-state index in [4.69, 9.17) is 9.47 Å². The van der Waals surface area contributed by atoms with Gasteiger partial charge in [0.25, 0.3) is 0 Å². The normalized spacial score (nSPS) is 22.9. The molecule has 1 aliphatic heterocycles. The van der Waals surface area contributed by atoms with Gasteiger partial charge >= 0.3 is 0 Å². The van der Waals surface area contributed by atoms with E-state index in [-0.39, 0.29) is 0 Å². The summed E-state index contributed by atoms with van der Waals surface area (Å²) in [5.41, 5.74) is 0. The first-order valence-corrected chi connectivity index (χ1v) is 4.76. The van der Waals surface area contributed by atoms with Crippen LogP contribution < -0.4 is 5.32 Å². The second kappa shape index (κ2) is 4.74. The van der Waals surface area contributed by atoms with Gasteiger partial charge in [-0.1, -0.05) is 6.08 Å². The molecule has 0 bridgehead atoms. The lowest BCUT2D eigenvalue weighted by molar-refractivity contribution is -0.252. The molecule has 0 radical (unpaired) electrons. The number of ether oxygens (including phenoxy) is 2. The van der Waals surface area contributed by atoms with E-state index in [0.29, 0.717) is 6.04 Å². The van der Waals surface area contributed by atoms with Crippen molar-refractivity contribution in [2.24, 2.45) is 0 Å². The molecule has 0 atom stereocenters. The number of hydrogen-bond acceptors (Lipinski definition) is 3. The molecule has 1 rings (SSSR count). The Morgan fingerprint density at radius 1 is 1.46 bits per heavy atom. The first-order chi connectivity index (χ1) is 6.14. The average molecular weight is 185 g/mol. The SMILES string of the molecule is C=CCCNC1COC(C)(C)OC1. The Kier molecular flexibility index (Phi) is 3.90.